The quantitative estimate of drug-likeness (QED) is 0.649. The summed E-state index contributed by atoms with van der Waals surface area (Å²) in [6.07, 6.45) is 3.11. The Morgan fingerprint density at radius 3 is 3.43 bits per heavy atom. The Bertz CT molecular complexity index is 497. The number of imidazole rings is 1. The van der Waals surface area contributed by atoms with Gasteiger partial charge in [0, 0.05) is 0 Å². The molecule has 2 aromatic heterocycles. The van der Waals surface area contributed by atoms with E-state index in [0.29, 0.717) is 11.3 Å². The Balaban J connectivity index is 2.38. The average molecular weight is 186 g/mol. The molecule has 2 rings (SSSR count). The summed E-state index contributed by atoms with van der Waals surface area (Å²) in [5, 5.41) is 2.83. The molecule has 0 fully saturated rings. The first-order chi connectivity index (χ1) is 7.33. The first-order valence-corrected chi connectivity index (χ1v) is 3.93. The van der Waals surface area contributed by atoms with Crippen molar-refractivity contribution in [2.75, 3.05) is 5.23 Å². The maximum atomic E-state index is 6.72. The van der Waals surface area contributed by atoms with Crippen LogP contribution in [0.4, 0.5) is 5.82 Å². The first kappa shape index (κ1) is 7.66. The average Bonchev–Trinajstić information content (AvgIpc) is 2.62. The summed E-state index contributed by atoms with van der Waals surface area (Å²) >= 11 is 0. The van der Waals surface area contributed by atoms with Gasteiger partial charge in [-0.1, -0.05) is 0 Å². The van der Waals surface area contributed by atoms with Gasteiger partial charge in [-0.05, 0) is 0 Å². The topological polar surface area (TPSA) is 68.0 Å². The van der Waals surface area contributed by atoms with Gasteiger partial charge in [0.1, 0.15) is 0 Å². The van der Waals surface area contributed by atoms with Gasteiger partial charge in [0.25, 0.3) is 0 Å². The van der Waals surface area contributed by atoms with Crippen LogP contribution in [0.2, 0.25) is 0 Å². The van der Waals surface area contributed by atoms with E-state index in [-0.39, 0.29) is 0 Å². The van der Waals surface area contributed by atoms with E-state index in [2.05, 4.69) is 25.0 Å². The SMILES string of the molecule is [2H][B]N=BNc1ncnc2c1ncn2C. The molecule has 14 heavy (non-hydrogen) atoms. The third-order valence-corrected chi connectivity index (χ3v) is 1.77. The number of nitrogens with zero attached hydrogens (tertiary/aromatic N) is 5. The second-order valence-electron chi connectivity index (χ2n) is 2.67. The number of hydrogen-bond acceptors (Lipinski definition) is 4. The van der Waals surface area contributed by atoms with Crippen LogP contribution in [0.25, 0.3) is 11.2 Å². The number of rotatable bonds is 3. The minimum atomic E-state index is 0.575. The predicted molar refractivity (Wildman–Crippen MR) is 55.3 cm³/mol. The molecule has 0 amide bonds. The fourth-order valence-electron chi connectivity index (χ4n) is 1.15. The summed E-state index contributed by atoms with van der Waals surface area (Å²) in [6.45, 7) is 0. The summed E-state index contributed by atoms with van der Waals surface area (Å²) in [5.74, 6) is 0.575. The molecule has 6 nitrogen and oxygen atoms in total. The van der Waals surface area contributed by atoms with Crippen molar-refractivity contribution in [2.45, 2.75) is 0 Å². The van der Waals surface area contributed by atoms with Crippen molar-refractivity contribution in [3.63, 3.8) is 0 Å². The van der Waals surface area contributed by atoms with E-state index >= 15 is 0 Å². The van der Waals surface area contributed by atoms with Crippen molar-refractivity contribution < 1.29 is 0 Å². The second kappa shape index (κ2) is 3.57. The van der Waals surface area contributed by atoms with Crippen molar-refractivity contribution in [1.29, 1.82) is 1.34 Å². The number of hydrogen-bond donors (Lipinski definition) is 1. The Morgan fingerprint density at radius 1 is 1.64 bits per heavy atom. The molecule has 0 spiro atoms. The van der Waals surface area contributed by atoms with Crippen LogP contribution in [-0.4, -0.2) is 36.0 Å². The third-order valence-electron chi connectivity index (χ3n) is 1.77. The molecule has 1 radical (unpaired) electrons. The van der Waals surface area contributed by atoms with Gasteiger partial charge in [0.15, 0.2) is 0 Å². The molecular formula is C6H7B2N6. The molecule has 0 aliphatic heterocycles. The normalized spacial score (nSPS) is 11.4. The summed E-state index contributed by atoms with van der Waals surface area (Å²) in [7, 11) is 4.17. The van der Waals surface area contributed by atoms with Gasteiger partial charge in [-0.25, -0.2) is 0 Å². The zero-order valence-corrected chi connectivity index (χ0v) is 7.55. The molecule has 8 heteroatoms. The molecule has 0 aromatic carbocycles. The number of aryl methyl sites for hydroxylation is 1. The first-order valence-electron chi connectivity index (χ1n) is 4.51. The maximum absolute atomic E-state index is 6.72. The molecule has 0 unspecified atom stereocenters. The zero-order valence-electron chi connectivity index (χ0n) is 8.55. The van der Waals surface area contributed by atoms with Crippen molar-refractivity contribution in [1.82, 2.24) is 19.5 Å². The molecule has 0 aliphatic rings. The predicted octanol–water partition coefficient (Wildman–Crippen LogP) is -0.606. The Labute approximate surface area is 83.5 Å². The van der Waals surface area contributed by atoms with Gasteiger partial charge >= 0.3 is 82.7 Å². The van der Waals surface area contributed by atoms with Crippen LogP contribution in [0.5, 0.6) is 0 Å². The van der Waals surface area contributed by atoms with Crippen LogP contribution < -0.4 is 5.23 Å². The van der Waals surface area contributed by atoms with E-state index in [0.717, 1.165) is 13.6 Å². The molecule has 0 bridgehead atoms. The molecule has 0 aliphatic carbocycles. The van der Waals surface area contributed by atoms with Gasteiger partial charge in [-0.2, -0.15) is 0 Å². The third kappa shape index (κ3) is 1.39. The van der Waals surface area contributed by atoms with Gasteiger partial charge in [0.2, 0.25) is 0 Å². The van der Waals surface area contributed by atoms with E-state index in [9.17, 15) is 0 Å². The fourth-order valence-corrected chi connectivity index (χ4v) is 1.15. The Hall–Kier alpha value is -1.72. The number of fused-ring (bicyclic) bond motifs is 1. The fraction of sp³-hybridized carbons (Fsp3) is 0.167. The summed E-state index contributed by atoms with van der Waals surface area (Å²) in [6, 6.07) is 0. The zero-order chi connectivity index (χ0) is 10.7. The van der Waals surface area contributed by atoms with E-state index in [1.807, 2.05) is 7.05 Å². The van der Waals surface area contributed by atoms with Gasteiger partial charge in [-0.3, -0.25) is 0 Å². The van der Waals surface area contributed by atoms with Gasteiger partial charge < -0.3 is 0 Å². The van der Waals surface area contributed by atoms with Crippen molar-refractivity contribution in [2.24, 2.45) is 11.9 Å². The van der Waals surface area contributed by atoms with Gasteiger partial charge in [-0.15, -0.1) is 0 Å². The number of aromatic nitrogens is 4. The van der Waals surface area contributed by atoms with Crippen LogP contribution in [0.1, 0.15) is 0 Å². The standard InChI is InChI=1S/C6H7B2N6/c1-14-3-11-4-5(12-8-13-7)9-2-10-6(4)14/h2-3,7H,1H3,(H,9,10,12)/i7D. The molecule has 67 valence electrons. The second-order valence-corrected chi connectivity index (χ2v) is 2.67. The van der Waals surface area contributed by atoms with E-state index in [1.165, 1.54) is 13.5 Å². The Kier molecular flexibility index (Phi) is 1.95. The minimum absolute atomic E-state index is 0.575. The molecule has 1 N–H and O–H groups in total. The van der Waals surface area contributed by atoms with E-state index in [1.54, 1.807) is 10.9 Å². The van der Waals surface area contributed by atoms with Crippen LogP contribution in [0.15, 0.2) is 17.5 Å². The van der Waals surface area contributed by atoms with Crippen LogP contribution in [0.3, 0.4) is 0 Å². The van der Waals surface area contributed by atoms with Crippen molar-refractivity contribution >= 4 is 32.1 Å². The molecule has 0 atom stereocenters. The molecular weight excluding hydrogens is 178 g/mol. The molecule has 0 saturated heterocycles. The van der Waals surface area contributed by atoms with Crippen molar-refractivity contribution in [3.8, 4) is 0 Å². The van der Waals surface area contributed by atoms with Crippen LogP contribution >= 0.6 is 0 Å². The number of nitrogens with one attached hydrogen (secondary N) is 1. The van der Waals surface area contributed by atoms with Crippen LogP contribution in [-0.2, 0) is 7.05 Å². The summed E-state index contributed by atoms with van der Waals surface area (Å²) < 4.78 is 8.52. The van der Waals surface area contributed by atoms with E-state index < -0.39 is 0 Å². The molecule has 0 saturated carbocycles. The van der Waals surface area contributed by atoms with Gasteiger partial charge in [0.05, 0.1) is 0 Å². The number of anilines is 1. The van der Waals surface area contributed by atoms with Crippen LogP contribution in [0, 0.1) is 0 Å². The van der Waals surface area contributed by atoms with Crippen molar-refractivity contribution in [3.05, 3.63) is 12.7 Å². The van der Waals surface area contributed by atoms with E-state index in [4.69, 9.17) is 1.34 Å². The monoisotopic (exact) mass is 186 g/mol. The summed E-state index contributed by atoms with van der Waals surface area (Å²) in [4.78, 5) is 15.9. The Morgan fingerprint density at radius 2 is 2.57 bits per heavy atom. The molecule has 2 aromatic rings. The molecule has 2 heterocycles. The summed E-state index contributed by atoms with van der Waals surface area (Å²) in [5.41, 5.74) is 1.42.